The number of hydrogen-bond acceptors (Lipinski definition) is 1. The van der Waals surface area contributed by atoms with Crippen molar-refractivity contribution in [3.8, 4) is 0 Å². The van der Waals surface area contributed by atoms with Gasteiger partial charge >= 0.3 is 0 Å². The Morgan fingerprint density at radius 2 is 2.38 bits per heavy atom. The van der Waals surface area contributed by atoms with Gasteiger partial charge in [-0.05, 0) is 31.7 Å². The molecule has 0 amide bonds. The van der Waals surface area contributed by atoms with Crippen LogP contribution in [-0.2, 0) is 0 Å². The number of nitrogens with zero attached hydrogens (tertiary/aromatic N) is 1. The lowest BCUT2D eigenvalue weighted by Gasteiger charge is -2.38. The molecule has 0 bridgehead atoms. The molecule has 1 saturated carbocycles. The Bertz CT molecular complexity index is 137. The van der Waals surface area contributed by atoms with Gasteiger partial charge in [-0.15, -0.1) is 0 Å². The van der Waals surface area contributed by atoms with Gasteiger partial charge < -0.3 is 0 Å². The fraction of sp³-hybridized carbons (Fsp3) is 1.00. The van der Waals surface area contributed by atoms with Crippen molar-refractivity contribution >= 4 is 0 Å². The van der Waals surface area contributed by atoms with E-state index in [-0.39, 0.29) is 0 Å². The predicted octanol–water partition coefficient (Wildman–Crippen LogP) is 0.854. The molecule has 0 aromatic carbocycles. The third-order valence-electron chi connectivity index (χ3n) is 3.39. The van der Waals surface area contributed by atoms with Crippen LogP contribution < -0.4 is 0 Å². The van der Waals surface area contributed by atoms with Crippen LogP contribution in [0.1, 0.15) is 19.3 Å². The van der Waals surface area contributed by atoms with Crippen LogP contribution in [0.25, 0.3) is 0 Å². The molecule has 2 saturated heterocycles. The van der Waals surface area contributed by atoms with Gasteiger partial charge in [0.15, 0.2) is 0 Å². The predicted molar refractivity (Wildman–Crippen MR) is 31.6 cm³/mol. The van der Waals surface area contributed by atoms with Crippen molar-refractivity contribution in [2.24, 2.45) is 5.92 Å². The van der Waals surface area contributed by atoms with Crippen LogP contribution >= 0.6 is 0 Å². The molecule has 2 aliphatic heterocycles. The van der Waals surface area contributed by atoms with E-state index in [4.69, 9.17) is 0 Å². The summed E-state index contributed by atoms with van der Waals surface area (Å²) in [6.45, 7) is 2.83. The van der Waals surface area contributed by atoms with Crippen LogP contribution in [0, 0.1) is 5.92 Å². The van der Waals surface area contributed by atoms with Crippen molar-refractivity contribution in [1.29, 1.82) is 0 Å². The maximum absolute atomic E-state index is 2.68. The summed E-state index contributed by atoms with van der Waals surface area (Å²) in [4.78, 5) is 2.68. The van der Waals surface area contributed by atoms with Gasteiger partial charge in [0.25, 0.3) is 0 Å². The molecule has 1 heteroatoms. The lowest BCUT2D eigenvalue weighted by molar-refractivity contribution is 0.0970. The summed E-state index contributed by atoms with van der Waals surface area (Å²) in [7, 11) is 0. The van der Waals surface area contributed by atoms with Crippen molar-refractivity contribution in [3.05, 3.63) is 0 Å². The molecule has 2 atom stereocenters. The molecule has 3 aliphatic rings. The molecule has 2 heterocycles. The highest BCUT2D eigenvalue weighted by Gasteiger charge is 2.65. The summed E-state index contributed by atoms with van der Waals surface area (Å²) in [6, 6.07) is 0. The number of hydrogen-bond donors (Lipinski definition) is 0. The van der Waals surface area contributed by atoms with E-state index in [0.29, 0.717) is 0 Å². The van der Waals surface area contributed by atoms with Gasteiger partial charge in [-0.25, -0.2) is 0 Å². The van der Waals surface area contributed by atoms with Crippen molar-refractivity contribution in [2.45, 2.75) is 24.8 Å². The van der Waals surface area contributed by atoms with Gasteiger partial charge in [0.05, 0.1) is 0 Å². The van der Waals surface area contributed by atoms with E-state index < -0.39 is 0 Å². The maximum Gasteiger partial charge on any atom is 0.0254 e. The van der Waals surface area contributed by atoms with Crippen LogP contribution in [0.15, 0.2) is 0 Å². The molecule has 1 nitrogen and oxygen atoms in total. The van der Waals surface area contributed by atoms with Gasteiger partial charge in [0.1, 0.15) is 0 Å². The minimum absolute atomic E-state index is 0.833. The van der Waals surface area contributed by atoms with E-state index >= 15 is 0 Å². The van der Waals surface area contributed by atoms with Crippen molar-refractivity contribution in [3.63, 3.8) is 0 Å². The highest BCUT2D eigenvalue weighted by atomic mass is 15.3. The second kappa shape index (κ2) is 0.860. The Morgan fingerprint density at radius 3 is 2.62 bits per heavy atom. The average Bonchev–Trinajstić information content (AvgIpc) is 2.36. The Morgan fingerprint density at radius 1 is 1.38 bits per heavy atom. The monoisotopic (exact) mass is 109 g/mol. The zero-order valence-corrected chi connectivity index (χ0v) is 5.06. The molecule has 44 valence electrons. The van der Waals surface area contributed by atoms with Crippen LogP contribution in [0.2, 0.25) is 0 Å². The lowest BCUT2D eigenvalue weighted by atomic mass is 10.0. The number of rotatable bonds is 0. The fourth-order valence-electron chi connectivity index (χ4n) is 2.64. The summed E-state index contributed by atoms with van der Waals surface area (Å²) >= 11 is 0. The van der Waals surface area contributed by atoms with Crippen LogP contribution in [0.4, 0.5) is 0 Å². The molecular formula is C7H11N. The fourth-order valence-corrected chi connectivity index (χ4v) is 2.64. The van der Waals surface area contributed by atoms with Crippen molar-refractivity contribution < 1.29 is 0 Å². The lowest BCUT2D eigenvalue weighted by Crippen LogP contribution is -2.47. The van der Waals surface area contributed by atoms with Crippen molar-refractivity contribution in [2.75, 3.05) is 13.1 Å². The first-order valence-electron chi connectivity index (χ1n) is 3.67. The molecule has 2 unspecified atom stereocenters. The summed E-state index contributed by atoms with van der Waals surface area (Å²) in [6.07, 6.45) is 4.59. The van der Waals surface area contributed by atoms with Crippen molar-refractivity contribution in [1.82, 2.24) is 4.90 Å². The van der Waals surface area contributed by atoms with Gasteiger partial charge in [0.2, 0.25) is 0 Å². The standard InChI is InChI=1S/C7H11N/c1-3-8-4-2-7(8)5-6(1)7/h6H,1-5H2. The third kappa shape index (κ3) is 0.218. The molecule has 0 aromatic rings. The van der Waals surface area contributed by atoms with Crippen LogP contribution in [0.3, 0.4) is 0 Å². The van der Waals surface area contributed by atoms with E-state index in [1.807, 2.05) is 0 Å². The average molecular weight is 109 g/mol. The first kappa shape index (κ1) is 3.89. The molecule has 3 fully saturated rings. The molecule has 3 rings (SSSR count). The van der Waals surface area contributed by atoms with E-state index in [1.54, 1.807) is 6.42 Å². The summed E-state index contributed by atoms with van der Waals surface area (Å²) in [5.41, 5.74) is 0.833. The second-order valence-electron chi connectivity index (χ2n) is 3.53. The van der Waals surface area contributed by atoms with Crippen LogP contribution in [0.5, 0.6) is 0 Å². The Labute approximate surface area is 49.7 Å². The topological polar surface area (TPSA) is 3.24 Å². The van der Waals surface area contributed by atoms with Gasteiger partial charge in [-0.1, -0.05) is 0 Å². The highest BCUT2D eigenvalue weighted by Crippen LogP contribution is 2.62. The molecule has 0 N–H and O–H groups in total. The molecule has 1 spiro atoms. The Kier molecular flexibility index (Phi) is 0.418. The Balaban J connectivity index is 2.02. The smallest absolute Gasteiger partial charge is 0.0254 e. The van der Waals surface area contributed by atoms with Gasteiger partial charge in [-0.3, -0.25) is 4.90 Å². The molecule has 0 aromatic heterocycles. The second-order valence-corrected chi connectivity index (χ2v) is 3.53. The molecular weight excluding hydrogens is 98.1 g/mol. The maximum atomic E-state index is 2.68. The number of piperidine rings is 1. The first-order valence-corrected chi connectivity index (χ1v) is 3.67. The largest absolute Gasteiger partial charge is 0.297 e. The zero-order chi connectivity index (χ0) is 5.19. The molecule has 1 aliphatic carbocycles. The van der Waals surface area contributed by atoms with Crippen LogP contribution in [-0.4, -0.2) is 23.5 Å². The zero-order valence-electron chi connectivity index (χ0n) is 5.06. The summed E-state index contributed by atoms with van der Waals surface area (Å²) < 4.78 is 0. The summed E-state index contributed by atoms with van der Waals surface area (Å²) in [5.74, 6) is 1.15. The van der Waals surface area contributed by atoms with Gasteiger partial charge in [0, 0.05) is 12.1 Å². The van der Waals surface area contributed by atoms with E-state index in [1.165, 1.54) is 25.9 Å². The highest BCUT2D eigenvalue weighted by molar-refractivity contribution is 5.21. The van der Waals surface area contributed by atoms with E-state index in [9.17, 15) is 0 Å². The molecule has 8 heavy (non-hydrogen) atoms. The normalized spacial score (nSPS) is 59.2. The minimum atomic E-state index is 0.833. The minimum Gasteiger partial charge on any atom is -0.297 e. The summed E-state index contributed by atoms with van der Waals surface area (Å²) in [5, 5.41) is 0. The SMILES string of the molecule is C1CN2CCC23CC13. The van der Waals surface area contributed by atoms with E-state index in [0.717, 1.165) is 11.5 Å². The molecule has 0 radical (unpaired) electrons. The van der Waals surface area contributed by atoms with E-state index in [2.05, 4.69) is 4.90 Å². The van der Waals surface area contributed by atoms with Gasteiger partial charge in [-0.2, -0.15) is 0 Å². The first-order chi connectivity index (χ1) is 3.92. The third-order valence-corrected chi connectivity index (χ3v) is 3.39. The Hall–Kier alpha value is -0.0400. The quantitative estimate of drug-likeness (QED) is 0.446.